The van der Waals surface area contributed by atoms with E-state index in [2.05, 4.69) is 36.7 Å². The van der Waals surface area contributed by atoms with Crippen LogP contribution in [0.25, 0.3) is 0 Å². The summed E-state index contributed by atoms with van der Waals surface area (Å²) in [7, 11) is 16.5. The zero-order chi connectivity index (χ0) is 74.1. The highest BCUT2D eigenvalue weighted by atomic mass is 79.9. The van der Waals surface area contributed by atoms with E-state index >= 15 is 0 Å². The van der Waals surface area contributed by atoms with Crippen LogP contribution in [0.5, 0.6) is 69.0 Å². The van der Waals surface area contributed by atoms with Gasteiger partial charge in [-0.25, -0.2) is 0 Å². The molecule has 0 amide bonds. The van der Waals surface area contributed by atoms with Crippen molar-refractivity contribution in [1.82, 2.24) is 0 Å². The standard InChI is InChI=1S/C15H22O4.C14H23NO2.C14H20O4.C13H18O4.C11H15BrO2.C9H12O2/c1-9-10(2)15(19-5)12(7-6-8-13(16)17)11(3)14(9)18-4;1-9-10(2)14(17-5)12(7-6-8-15)11(3)13(9)16-4;1-8-9(2)14(18-5)11(6-7-12(15)16)10(3)13(8)17-4;1-7-8(2)13(17-5)10(6-11(14)15)9(3)12(7)16-4;1-6-7(2)11(14-5)9(12)8(3)10(6)13-4;1-5-4-8(10)6(2)7(3)9(5)11/h6-8H2,1-5H3,(H,16,17);6-8,15H2,1-5H3;6-7H2,1-5H3,(H,15,16);6H2,1-5H3,(H,14,15);1-5H3;4,10-11H,1-3H3. The van der Waals surface area contributed by atoms with Gasteiger partial charge in [0.05, 0.1) is 82.0 Å². The van der Waals surface area contributed by atoms with Crippen LogP contribution in [-0.2, 0) is 40.1 Å². The van der Waals surface area contributed by atoms with Crippen molar-refractivity contribution in [3.8, 4) is 69.0 Å². The number of nitrogens with two attached hydrogens (primary N) is 1. The highest BCUT2D eigenvalue weighted by Crippen LogP contribution is 2.44. The van der Waals surface area contributed by atoms with Crippen molar-refractivity contribution >= 4 is 33.8 Å². The van der Waals surface area contributed by atoms with Crippen molar-refractivity contribution < 1.29 is 87.3 Å². The van der Waals surface area contributed by atoms with E-state index in [0.29, 0.717) is 42.7 Å². The summed E-state index contributed by atoms with van der Waals surface area (Å²) in [5.74, 6) is 6.50. The topological polar surface area (TPSA) is 271 Å². The number of ether oxygens (including phenoxy) is 10. The molecule has 7 N–H and O–H groups in total. The summed E-state index contributed by atoms with van der Waals surface area (Å²) >= 11 is 3.51. The number of carboxylic acids is 3. The van der Waals surface area contributed by atoms with Crippen molar-refractivity contribution in [3.63, 3.8) is 0 Å². The van der Waals surface area contributed by atoms with Crippen LogP contribution >= 0.6 is 15.9 Å². The normalized spacial score (nSPS) is 10.3. The van der Waals surface area contributed by atoms with Crippen molar-refractivity contribution in [2.45, 2.75) is 176 Å². The third kappa shape index (κ3) is 21.1. The number of halogens is 1. The number of phenols is 2. The van der Waals surface area contributed by atoms with Crippen molar-refractivity contribution in [2.75, 3.05) is 77.6 Å². The molecule has 6 aromatic carbocycles. The smallest absolute Gasteiger partial charge is 0.307 e. The highest BCUT2D eigenvalue weighted by Gasteiger charge is 2.24. The van der Waals surface area contributed by atoms with Crippen molar-refractivity contribution in [1.29, 1.82) is 0 Å². The average molecular weight is 1410 g/mol. The maximum Gasteiger partial charge on any atom is 0.307 e. The molecule has 0 heterocycles. The second-order valence-electron chi connectivity index (χ2n) is 23.4. The third-order valence-electron chi connectivity index (χ3n) is 17.8. The number of benzene rings is 6. The van der Waals surface area contributed by atoms with Crippen LogP contribution in [0.15, 0.2) is 10.5 Å². The number of rotatable bonds is 22. The number of methoxy groups -OCH3 is 10. The number of aromatic hydroxyl groups is 2. The number of carbonyl (C=O) groups is 3. The Labute approximate surface area is 579 Å². The fourth-order valence-corrected chi connectivity index (χ4v) is 12.4. The summed E-state index contributed by atoms with van der Waals surface area (Å²) < 4.78 is 55.1. The maximum absolute atomic E-state index is 10.9. The van der Waals surface area contributed by atoms with Crippen LogP contribution in [-0.4, -0.2) is 121 Å². The van der Waals surface area contributed by atoms with E-state index in [1.54, 1.807) is 97.9 Å². The zero-order valence-corrected chi connectivity index (χ0v) is 64.0. The van der Waals surface area contributed by atoms with E-state index in [1.807, 2.05) is 83.1 Å². The molecular weight excluding hydrogens is 1290 g/mol. The van der Waals surface area contributed by atoms with Crippen LogP contribution in [0.2, 0.25) is 0 Å². The summed E-state index contributed by atoms with van der Waals surface area (Å²) in [5.41, 5.74) is 27.3. The molecule has 0 aliphatic rings. The molecule has 96 heavy (non-hydrogen) atoms. The zero-order valence-electron chi connectivity index (χ0n) is 62.4. The largest absolute Gasteiger partial charge is 0.508 e. The number of hydrogen-bond donors (Lipinski definition) is 6. The van der Waals surface area contributed by atoms with Gasteiger partial charge in [-0.3, -0.25) is 14.4 Å². The van der Waals surface area contributed by atoms with Gasteiger partial charge in [0.2, 0.25) is 0 Å². The number of hydrogen-bond acceptors (Lipinski definition) is 16. The summed E-state index contributed by atoms with van der Waals surface area (Å²) in [4.78, 5) is 32.2. The molecule has 0 unspecified atom stereocenters. The van der Waals surface area contributed by atoms with E-state index in [4.69, 9.17) is 68.4 Å². The monoisotopic (exact) mass is 1400 g/mol. The van der Waals surface area contributed by atoms with Crippen LogP contribution in [0.4, 0.5) is 0 Å². The first kappa shape index (κ1) is 85.8. The molecule has 6 rings (SSSR count). The lowest BCUT2D eigenvalue weighted by atomic mass is 9.94. The molecule has 0 radical (unpaired) electrons. The molecule has 0 atom stereocenters. The minimum Gasteiger partial charge on any atom is -0.508 e. The predicted octanol–water partition coefficient (Wildman–Crippen LogP) is 15.9. The Bertz CT molecular complexity index is 3570. The van der Waals surface area contributed by atoms with Crippen LogP contribution in [0.3, 0.4) is 0 Å². The molecule has 6 aromatic rings. The second kappa shape index (κ2) is 40.4. The van der Waals surface area contributed by atoms with E-state index in [0.717, 1.165) is 169 Å². The van der Waals surface area contributed by atoms with Gasteiger partial charge >= 0.3 is 17.9 Å². The number of carboxylic acid groups (broad SMARTS) is 3. The van der Waals surface area contributed by atoms with E-state index in [1.165, 1.54) is 11.1 Å². The number of phenolic OH excluding ortho intramolecular Hbond substituents is 2. The summed E-state index contributed by atoms with van der Waals surface area (Å²) in [5, 5.41) is 45.2. The van der Waals surface area contributed by atoms with E-state index < -0.39 is 17.9 Å². The molecule has 0 bridgehead atoms. The van der Waals surface area contributed by atoms with Gasteiger partial charge in [0.1, 0.15) is 69.0 Å². The molecule has 0 aromatic heterocycles. The highest BCUT2D eigenvalue weighted by molar-refractivity contribution is 9.10. The average Bonchev–Trinajstić information content (AvgIpc) is 0.838. The Morgan fingerprint density at radius 1 is 0.333 bits per heavy atom. The first-order valence-electron chi connectivity index (χ1n) is 31.5. The van der Waals surface area contributed by atoms with Gasteiger partial charge < -0.3 is 78.6 Å². The molecule has 0 saturated heterocycles. The Morgan fingerprint density at radius 3 is 0.906 bits per heavy atom. The first-order chi connectivity index (χ1) is 45.0. The van der Waals surface area contributed by atoms with Gasteiger partial charge in [-0.2, -0.15) is 0 Å². The minimum absolute atomic E-state index is 0.0630. The molecule has 19 nitrogen and oxygen atoms in total. The van der Waals surface area contributed by atoms with Crippen LogP contribution in [0.1, 0.15) is 148 Å². The molecule has 0 saturated carbocycles. The lowest BCUT2D eigenvalue weighted by Crippen LogP contribution is -2.08. The van der Waals surface area contributed by atoms with E-state index in [-0.39, 0.29) is 30.8 Å². The Balaban J connectivity index is 0.000000580. The quantitative estimate of drug-likeness (QED) is 0.0345. The van der Waals surface area contributed by atoms with Crippen molar-refractivity contribution in [3.05, 3.63) is 133 Å². The summed E-state index contributed by atoms with van der Waals surface area (Å²) in [6, 6.07) is 1.57. The van der Waals surface area contributed by atoms with Crippen LogP contribution < -0.4 is 53.1 Å². The van der Waals surface area contributed by atoms with Gasteiger partial charge in [0, 0.05) is 40.7 Å². The number of aliphatic carboxylic acids is 3. The molecular formula is C76H110BrNO18. The first-order valence-corrected chi connectivity index (χ1v) is 32.3. The van der Waals surface area contributed by atoms with Gasteiger partial charge in [-0.05, 0) is 280 Å². The maximum atomic E-state index is 10.9. The molecule has 0 spiro atoms. The Kier molecular flexibility index (Phi) is 36.1. The lowest BCUT2D eigenvalue weighted by Gasteiger charge is -2.20. The molecule has 0 aliphatic heterocycles. The fraction of sp³-hybridized carbons (Fsp3) is 0.487. The minimum atomic E-state index is -0.878. The Hall–Kier alpha value is -8.23. The summed E-state index contributed by atoms with van der Waals surface area (Å²) in [6.45, 7) is 35.9. The third-order valence-corrected chi connectivity index (χ3v) is 18.7. The second-order valence-corrected chi connectivity index (χ2v) is 24.1. The molecule has 0 aliphatic carbocycles. The SMILES string of the molecule is COc1c(C)c(C)c(OC)c(Br)c1C.COc1c(C)c(C)c(OC)c(CC(=O)O)c1C.COc1c(C)c(C)c(OC)c(CCC(=O)O)c1C.COc1c(C)c(C)c(OC)c(CCCC(=O)O)c1C.COc1c(C)c(C)c(OC)c(CCCN)c1C.Cc1cc(O)c(C)c(C)c1O. The summed E-state index contributed by atoms with van der Waals surface area (Å²) in [6.07, 6.45) is 3.80. The fourth-order valence-electron chi connectivity index (χ4n) is 11.8. The van der Waals surface area contributed by atoms with Gasteiger partial charge in [-0.1, -0.05) is 0 Å². The Morgan fingerprint density at radius 2 is 0.604 bits per heavy atom. The van der Waals surface area contributed by atoms with E-state index in [9.17, 15) is 24.6 Å². The predicted molar refractivity (Wildman–Crippen MR) is 386 cm³/mol. The van der Waals surface area contributed by atoms with Gasteiger partial charge in [0.25, 0.3) is 0 Å². The molecule has 0 fully saturated rings. The van der Waals surface area contributed by atoms with Gasteiger partial charge in [0.15, 0.2) is 0 Å². The van der Waals surface area contributed by atoms with Gasteiger partial charge in [-0.15, -0.1) is 0 Å². The van der Waals surface area contributed by atoms with Crippen molar-refractivity contribution in [2.24, 2.45) is 5.73 Å². The lowest BCUT2D eigenvalue weighted by molar-refractivity contribution is -0.138. The molecule has 534 valence electrons. The van der Waals surface area contributed by atoms with Crippen LogP contribution in [0, 0.1) is 125 Å². The molecule has 20 heteroatoms. The number of aryl methyl sites for hydroxylation is 1.